The van der Waals surface area contributed by atoms with Gasteiger partial charge in [0.25, 0.3) is 0 Å². The standard InChI is InChI=1S/C16H22N2O.H2/c1-5-11(2)12-6-7-14-13(10-12)8-9-17-15(14)16(19)18(3)4;/h5-7,10,15,17H,8-9H2,1-4H3;1H/b11-5-;. The number of allylic oxidation sites excluding steroid dienone is 2. The van der Waals surface area contributed by atoms with Crippen molar-refractivity contribution in [3.8, 4) is 0 Å². The minimum Gasteiger partial charge on any atom is -0.347 e. The zero-order valence-corrected chi connectivity index (χ0v) is 12.2. The van der Waals surface area contributed by atoms with Gasteiger partial charge in [-0.25, -0.2) is 0 Å². The highest BCUT2D eigenvalue weighted by atomic mass is 16.2. The number of benzene rings is 1. The van der Waals surface area contributed by atoms with Crippen molar-refractivity contribution in [3.63, 3.8) is 0 Å². The van der Waals surface area contributed by atoms with Gasteiger partial charge in [0.2, 0.25) is 5.91 Å². The second kappa shape index (κ2) is 5.57. The van der Waals surface area contributed by atoms with Crippen LogP contribution in [-0.2, 0) is 11.2 Å². The summed E-state index contributed by atoms with van der Waals surface area (Å²) in [5.74, 6) is 0.122. The zero-order valence-electron chi connectivity index (χ0n) is 12.2. The van der Waals surface area contributed by atoms with Crippen LogP contribution < -0.4 is 5.32 Å². The molecule has 0 radical (unpaired) electrons. The summed E-state index contributed by atoms with van der Waals surface area (Å²) in [4.78, 5) is 13.8. The molecule has 0 saturated carbocycles. The van der Waals surface area contributed by atoms with Crippen LogP contribution >= 0.6 is 0 Å². The summed E-state index contributed by atoms with van der Waals surface area (Å²) in [7, 11) is 3.60. The van der Waals surface area contributed by atoms with E-state index in [0.717, 1.165) is 18.5 Å². The minimum absolute atomic E-state index is 0. The summed E-state index contributed by atoms with van der Waals surface area (Å²) >= 11 is 0. The van der Waals surface area contributed by atoms with E-state index in [0.29, 0.717) is 0 Å². The monoisotopic (exact) mass is 260 g/mol. The molecule has 1 N–H and O–H groups in total. The van der Waals surface area contributed by atoms with Crippen LogP contribution in [0.15, 0.2) is 24.3 Å². The average Bonchev–Trinajstić information content (AvgIpc) is 2.44. The fraction of sp³-hybridized carbons (Fsp3) is 0.438. The first-order valence-electron chi connectivity index (χ1n) is 6.75. The number of amides is 1. The molecule has 0 bridgehead atoms. The lowest BCUT2D eigenvalue weighted by Gasteiger charge is -2.28. The lowest BCUT2D eigenvalue weighted by molar-refractivity contribution is -0.131. The van der Waals surface area contributed by atoms with Crippen LogP contribution in [0.4, 0.5) is 0 Å². The molecular formula is C16H24N2O. The molecule has 1 unspecified atom stereocenters. The van der Waals surface area contributed by atoms with Gasteiger partial charge in [-0.2, -0.15) is 0 Å². The normalized spacial score (nSPS) is 18.9. The van der Waals surface area contributed by atoms with Crippen molar-refractivity contribution >= 4 is 11.5 Å². The second-order valence-corrected chi connectivity index (χ2v) is 5.26. The first-order valence-corrected chi connectivity index (χ1v) is 6.75. The van der Waals surface area contributed by atoms with Crippen LogP contribution in [0, 0.1) is 0 Å². The zero-order chi connectivity index (χ0) is 14.0. The Balaban J connectivity index is 0.00000200. The SMILES string of the molecule is C/C=C(/C)c1ccc2c(c1)CCNC2C(=O)N(C)C.[HH]. The third-order valence-electron chi connectivity index (χ3n) is 3.77. The van der Waals surface area contributed by atoms with Crippen molar-refractivity contribution < 1.29 is 6.22 Å². The van der Waals surface area contributed by atoms with E-state index < -0.39 is 0 Å². The van der Waals surface area contributed by atoms with Crippen molar-refractivity contribution in [2.24, 2.45) is 0 Å². The van der Waals surface area contributed by atoms with Gasteiger partial charge in [-0.15, -0.1) is 0 Å². The summed E-state index contributed by atoms with van der Waals surface area (Å²) in [6.07, 6.45) is 3.10. The molecule has 0 aromatic heterocycles. The molecule has 19 heavy (non-hydrogen) atoms. The van der Waals surface area contributed by atoms with Gasteiger partial charge < -0.3 is 10.2 Å². The Morgan fingerprint density at radius 2 is 2.21 bits per heavy atom. The number of likely N-dealkylation sites (N-methyl/N-ethyl adjacent to an activating group) is 1. The van der Waals surface area contributed by atoms with Crippen molar-refractivity contribution in [3.05, 3.63) is 41.0 Å². The quantitative estimate of drug-likeness (QED) is 0.886. The molecule has 1 aromatic carbocycles. The number of carbonyl (C=O) groups is 1. The van der Waals surface area contributed by atoms with Crippen LogP contribution in [0.3, 0.4) is 0 Å². The molecule has 1 aliphatic heterocycles. The van der Waals surface area contributed by atoms with E-state index >= 15 is 0 Å². The molecule has 1 aliphatic rings. The Bertz CT molecular complexity index is 523. The lowest BCUT2D eigenvalue weighted by Crippen LogP contribution is -2.40. The van der Waals surface area contributed by atoms with Gasteiger partial charge in [-0.3, -0.25) is 4.79 Å². The maximum absolute atomic E-state index is 12.2. The van der Waals surface area contributed by atoms with Crippen LogP contribution in [0.1, 0.15) is 38.0 Å². The number of nitrogens with one attached hydrogen (secondary N) is 1. The van der Waals surface area contributed by atoms with Gasteiger partial charge in [0.15, 0.2) is 0 Å². The molecule has 2 rings (SSSR count). The lowest BCUT2D eigenvalue weighted by atomic mass is 9.90. The third-order valence-corrected chi connectivity index (χ3v) is 3.77. The molecule has 3 nitrogen and oxygen atoms in total. The van der Waals surface area contributed by atoms with Crippen LogP contribution in [0.2, 0.25) is 0 Å². The van der Waals surface area contributed by atoms with Gasteiger partial charge in [-0.05, 0) is 42.5 Å². The van der Waals surface area contributed by atoms with E-state index in [1.54, 1.807) is 19.0 Å². The van der Waals surface area contributed by atoms with Crippen molar-refractivity contribution in [2.75, 3.05) is 20.6 Å². The van der Waals surface area contributed by atoms with E-state index in [2.05, 4.69) is 43.4 Å². The van der Waals surface area contributed by atoms with Crippen LogP contribution in [-0.4, -0.2) is 31.4 Å². The first kappa shape index (κ1) is 13.8. The Hall–Kier alpha value is -1.61. The van der Waals surface area contributed by atoms with Crippen molar-refractivity contribution in [2.45, 2.75) is 26.3 Å². The summed E-state index contributed by atoms with van der Waals surface area (Å²) in [5.41, 5.74) is 4.94. The maximum atomic E-state index is 12.2. The predicted octanol–water partition coefficient (Wildman–Crippen LogP) is 2.63. The molecular weight excluding hydrogens is 236 g/mol. The second-order valence-electron chi connectivity index (χ2n) is 5.26. The summed E-state index contributed by atoms with van der Waals surface area (Å²) in [5, 5.41) is 3.31. The smallest absolute Gasteiger partial charge is 0.243 e. The molecule has 1 atom stereocenters. The average molecular weight is 260 g/mol. The third kappa shape index (κ3) is 2.71. The Morgan fingerprint density at radius 1 is 1.47 bits per heavy atom. The van der Waals surface area contributed by atoms with Crippen molar-refractivity contribution in [1.29, 1.82) is 0 Å². The van der Waals surface area contributed by atoms with Gasteiger partial charge >= 0.3 is 0 Å². The molecule has 0 fully saturated rings. The van der Waals surface area contributed by atoms with Crippen LogP contribution in [0.25, 0.3) is 5.57 Å². The van der Waals surface area contributed by atoms with E-state index in [9.17, 15) is 4.79 Å². The first-order chi connectivity index (χ1) is 9.04. The summed E-state index contributed by atoms with van der Waals surface area (Å²) in [6, 6.07) is 6.23. The number of carbonyl (C=O) groups excluding carboxylic acids is 1. The molecule has 104 valence electrons. The number of hydrogen-bond acceptors (Lipinski definition) is 2. The van der Waals surface area contributed by atoms with Crippen molar-refractivity contribution in [1.82, 2.24) is 10.2 Å². The number of hydrogen-bond donors (Lipinski definition) is 1. The highest BCUT2D eigenvalue weighted by Crippen LogP contribution is 2.27. The topological polar surface area (TPSA) is 32.3 Å². The molecule has 0 aliphatic carbocycles. The van der Waals surface area contributed by atoms with Gasteiger partial charge in [0, 0.05) is 22.1 Å². The largest absolute Gasteiger partial charge is 0.347 e. The Kier molecular flexibility index (Phi) is 4.05. The molecule has 1 aromatic rings. The Morgan fingerprint density at radius 3 is 2.84 bits per heavy atom. The molecule has 3 heteroatoms. The number of nitrogens with zero attached hydrogens (tertiary/aromatic N) is 1. The van der Waals surface area contributed by atoms with Gasteiger partial charge in [0.1, 0.15) is 6.04 Å². The fourth-order valence-electron chi connectivity index (χ4n) is 2.46. The number of rotatable bonds is 2. The van der Waals surface area contributed by atoms with Gasteiger partial charge in [-0.1, -0.05) is 24.3 Å². The number of fused-ring (bicyclic) bond motifs is 1. The molecule has 1 heterocycles. The van der Waals surface area contributed by atoms with Gasteiger partial charge in [0.05, 0.1) is 0 Å². The fourth-order valence-corrected chi connectivity index (χ4v) is 2.46. The predicted molar refractivity (Wildman–Crippen MR) is 81.0 cm³/mol. The van der Waals surface area contributed by atoms with E-state index in [4.69, 9.17) is 0 Å². The highest BCUT2D eigenvalue weighted by Gasteiger charge is 2.27. The Labute approximate surface area is 116 Å². The van der Waals surface area contributed by atoms with E-state index in [-0.39, 0.29) is 13.4 Å². The molecule has 0 spiro atoms. The summed E-state index contributed by atoms with van der Waals surface area (Å²) in [6.45, 7) is 5.02. The minimum atomic E-state index is -0.196. The highest BCUT2D eigenvalue weighted by molar-refractivity contribution is 5.84. The molecule has 1 amide bonds. The maximum Gasteiger partial charge on any atom is 0.243 e. The summed E-state index contributed by atoms with van der Waals surface area (Å²) < 4.78 is 0. The van der Waals surface area contributed by atoms with E-state index in [1.165, 1.54) is 16.7 Å². The molecule has 0 saturated heterocycles. The van der Waals surface area contributed by atoms with E-state index in [1.807, 2.05) is 0 Å². The van der Waals surface area contributed by atoms with Crippen LogP contribution in [0.5, 0.6) is 0 Å².